The lowest BCUT2D eigenvalue weighted by molar-refractivity contribution is -0.120. The third kappa shape index (κ3) is 3.32. The maximum absolute atomic E-state index is 12.1. The summed E-state index contributed by atoms with van der Waals surface area (Å²) in [5, 5.41) is 2.88. The molecule has 0 aliphatic heterocycles. The summed E-state index contributed by atoms with van der Waals surface area (Å²) in [4.78, 5) is 12.1. The molecule has 1 atom stereocenters. The van der Waals surface area contributed by atoms with E-state index < -0.39 is 10.8 Å². The van der Waals surface area contributed by atoms with E-state index >= 15 is 0 Å². The van der Waals surface area contributed by atoms with Crippen molar-refractivity contribution in [3.63, 3.8) is 0 Å². The van der Waals surface area contributed by atoms with Crippen LogP contribution in [0.5, 0.6) is 0 Å². The van der Waals surface area contributed by atoms with Crippen LogP contribution in [0.1, 0.15) is 24.8 Å². The number of benzene rings is 1. The molecule has 0 heterocycles. The maximum Gasteiger partial charge on any atom is 0.221 e. The molecular weight excluding hydrogens is 248 g/mol. The Morgan fingerprint density at radius 3 is 2.89 bits per heavy atom. The summed E-state index contributed by atoms with van der Waals surface area (Å²) in [6.45, 7) is 1.88. The topological polar surface area (TPSA) is 72.2 Å². The van der Waals surface area contributed by atoms with Gasteiger partial charge in [0.15, 0.2) is 0 Å². The Balaban J connectivity index is 1.90. The molecule has 1 unspecified atom stereocenters. The van der Waals surface area contributed by atoms with Gasteiger partial charge in [0.25, 0.3) is 0 Å². The summed E-state index contributed by atoms with van der Waals surface area (Å²) >= 11 is 0. The van der Waals surface area contributed by atoms with Crippen LogP contribution in [0, 0.1) is 6.92 Å². The summed E-state index contributed by atoms with van der Waals surface area (Å²) in [6, 6.07) is 5.84. The number of amides is 1. The first-order valence-electron chi connectivity index (χ1n) is 6.11. The molecule has 0 aromatic heterocycles. The fraction of sp³-hybridized carbons (Fsp3) is 0.462. The number of hydrogen-bond donors (Lipinski definition) is 2. The lowest BCUT2D eigenvalue weighted by Crippen LogP contribution is -2.26. The Morgan fingerprint density at radius 2 is 2.22 bits per heavy atom. The molecular formula is C13H18N2O2S. The number of carbonyl (C=O) groups excluding carboxylic acids is 1. The van der Waals surface area contributed by atoms with Gasteiger partial charge in [0, 0.05) is 18.2 Å². The lowest BCUT2D eigenvalue weighted by Gasteiger charge is -2.08. The quantitative estimate of drug-likeness (QED) is 0.790. The van der Waals surface area contributed by atoms with Crippen LogP contribution in [-0.2, 0) is 15.6 Å². The number of para-hydroxylation sites is 1. The van der Waals surface area contributed by atoms with E-state index in [1.807, 2.05) is 19.1 Å². The molecule has 2 rings (SSSR count). The molecule has 1 aliphatic rings. The van der Waals surface area contributed by atoms with Crippen LogP contribution in [-0.4, -0.2) is 21.9 Å². The average molecular weight is 266 g/mol. The fourth-order valence-electron chi connectivity index (χ4n) is 1.68. The van der Waals surface area contributed by atoms with Crippen LogP contribution in [0.25, 0.3) is 0 Å². The molecule has 1 fully saturated rings. The van der Waals surface area contributed by atoms with Gasteiger partial charge in [-0.2, -0.15) is 0 Å². The van der Waals surface area contributed by atoms with Crippen molar-refractivity contribution >= 4 is 22.4 Å². The summed E-state index contributed by atoms with van der Waals surface area (Å²) in [5.41, 5.74) is 7.37. The molecule has 0 saturated heterocycles. The van der Waals surface area contributed by atoms with Gasteiger partial charge in [0.1, 0.15) is 0 Å². The van der Waals surface area contributed by atoms with Gasteiger partial charge in [-0.3, -0.25) is 9.00 Å². The van der Waals surface area contributed by atoms with E-state index in [-0.39, 0.29) is 12.3 Å². The molecule has 4 nitrogen and oxygen atoms in total. The van der Waals surface area contributed by atoms with E-state index in [0.29, 0.717) is 22.4 Å². The van der Waals surface area contributed by atoms with Crippen molar-refractivity contribution in [2.24, 2.45) is 0 Å². The average Bonchev–Trinajstić information content (AvgIpc) is 3.13. The molecule has 3 N–H and O–H groups in total. The molecule has 5 heteroatoms. The first kappa shape index (κ1) is 13.1. The number of rotatable bonds is 5. The first-order valence-corrected chi connectivity index (χ1v) is 7.42. The predicted octanol–water partition coefficient (Wildman–Crippen LogP) is 1.35. The highest BCUT2D eigenvalue weighted by Crippen LogP contribution is 2.21. The van der Waals surface area contributed by atoms with Crippen LogP contribution in [0.15, 0.2) is 23.1 Å². The van der Waals surface area contributed by atoms with Gasteiger partial charge < -0.3 is 11.1 Å². The number of nitrogens with one attached hydrogen (secondary N) is 1. The summed E-state index contributed by atoms with van der Waals surface area (Å²) < 4.78 is 12.1. The second-order valence-electron chi connectivity index (χ2n) is 4.63. The molecule has 1 amide bonds. The Bertz CT molecular complexity index is 484. The second-order valence-corrected chi connectivity index (χ2v) is 6.17. The van der Waals surface area contributed by atoms with Crippen molar-refractivity contribution in [2.45, 2.75) is 37.1 Å². The summed E-state index contributed by atoms with van der Waals surface area (Å²) in [5.74, 6) is 0.309. The summed E-state index contributed by atoms with van der Waals surface area (Å²) in [6.07, 6.45) is 2.43. The molecule has 18 heavy (non-hydrogen) atoms. The second kappa shape index (κ2) is 5.52. The zero-order valence-electron chi connectivity index (χ0n) is 10.4. The maximum atomic E-state index is 12.1. The van der Waals surface area contributed by atoms with Gasteiger partial charge >= 0.3 is 0 Å². The molecule has 98 valence electrons. The molecule has 1 saturated carbocycles. The fourth-order valence-corrected chi connectivity index (χ4v) is 2.90. The highest BCUT2D eigenvalue weighted by molar-refractivity contribution is 7.85. The van der Waals surface area contributed by atoms with Crippen molar-refractivity contribution < 1.29 is 9.00 Å². The monoisotopic (exact) mass is 266 g/mol. The van der Waals surface area contributed by atoms with Crippen molar-refractivity contribution in [1.82, 2.24) is 5.32 Å². The van der Waals surface area contributed by atoms with Crippen LogP contribution in [0.4, 0.5) is 5.69 Å². The van der Waals surface area contributed by atoms with Crippen molar-refractivity contribution in [3.05, 3.63) is 23.8 Å². The SMILES string of the molecule is Cc1cccc(S(=O)CCC(=O)NC2CC2)c1N. The Morgan fingerprint density at radius 1 is 1.50 bits per heavy atom. The van der Waals surface area contributed by atoms with Gasteiger partial charge in [-0.25, -0.2) is 0 Å². The Kier molecular flexibility index (Phi) is 4.01. The van der Waals surface area contributed by atoms with Gasteiger partial charge in [0.2, 0.25) is 5.91 Å². The number of nitrogen functional groups attached to an aromatic ring is 1. The smallest absolute Gasteiger partial charge is 0.221 e. The van der Waals surface area contributed by atoms with E-state index in [4.69, 9.17) is 5.73 Å². The van der Waals surface area contributed by atoms with E-state index in [0.717, 1.165) is 18.4 Å². The zero-order chi connectivity index (χ0) is 13.1. The molecule has 0 spiro atoms. The minimum atomic E-state index is -1.21. The Labute approximate surface area is 109 Å². The number of hydrogen-bond acceptors (Lipinski definition) is 3. The van der Waals surface area contributed by atoms with Crippen molar-refractivity contribution in [2.75, 3.05) is 11.5 Å². The Hall–Kier alpha value is -1.36. The minimum Gasteiger partial charge on any atom is -0.398 e. The van der Waals surface area contributed by atoms with Crippen LogP contribution in [0.2, 0.25) is 0 Å². The predicted molar refractivity (Wildman–Crippen MR) is 72.6 cm³/mol. The van der Waals surface area contributed by atoms with Crippen molar-refractivity contribution in [3.8, 4) is 0 Å². The van der Waals surface area contributed by atoms with Gasteiger partial charge in [-0.1, -0.05) is 12.1 Å². The number of carbonyl (C=O) groups is 1. The van der Waals surface area contributed by atoms with E-state index in [1.165, 1.54) is 0 Å². The number of nitrogens with two attached hydrogens (primary N) is 1. The minimum absolute atomic E-state index is 0.0166. The van der Waals surface area contributed by atoms with E-state index in [2.05, 4.69) is 5.32 Å². The van der Waals surface area contributed by atoms with Crippen molar-refractivity contribution in [1.29, 1.82) is 0 Å². The normalized spacial score (nSPS) is 16.3. The number of aryl methyl sites for hydroxylation is 1. The highest BCUT2D eigenvalue weighted by atomic mass is 32.2. The zero-order valence-corrected chi connectivity index (χ0v) is 11.3. The third-order valence-corrected chi connectivity index (χ3v) is 4.41. The number of anilines is 1. The van der Waals surface area contributed by atoms with Gasteiger partial charge in [0.05, 0.1) is 21.4 Å². The molecule has 0 bridgehead atoms. The third-order valence-electron chi connectivity index (χ3n) is 2.99. The first-order chi connectivity index (χ1) is 8.58. The van der Waals surface area contributed by atoms with Crippen LogP contribution >= 0.6 is 0 Å². The standard InChI is InChI=1S/C13H18N2O2S/c1-9-3-2-4-11(13(9)14)18(17)8-7-12(16)15-10-5-6-10/h2-4,10H,5-8,14H2,1H3,(H,15,16). The highest BCUT2D eigenvalue weighted by Gasteiger charge is 2.23. The summed E-state index contributed by atoms with van der Waals surface area (Å²) in [7, 11) is -1.21. The molecule has 1 aliphatic carbocycles. The van der Waals surface area contributed by atoms with Gasteiger partial charge in [-0.05, 0) is 31.4 Å². The largest absolute Gasteiger partial charge is 0.398 e. The van der Waals surface area contributed by atoms with E-state index in [1.54, 1.807) is 6.07 Å². The van der Waals surface area contributed by atoms with E-state index in [9.17, 15) is 9.00 Å². The molecule has 0 radical (unpaired) electrons. The molecule has 1 aromatic carbocycles. The van der Waals surface area contributed by atoms with Crippen LogP contribution < -0.4 is 11.1 Å². The molecule has 1 aromatic rings. The van der Waals surface area contributed by atoms with Gasteiger partial charge in [-0.15, -0.1) is 0 Å². The lowest BCUT2D eigenvalue weighted by atomic mass is 10.2. The van der Waals surface area contributed by atoms with Crippen LogP contribution in [0.3, 0.4) is 0 Å².